The lowest BCUT2D eigenvalue weighted by Crippen LogP contribution is -2.37. The van der Waals surface area contributed by atoms with E-state index in [1.807, 2.05) is 84.9 Å². The number of benzene rings is 3. The molecule has 0 N–H and O–H groups in total. The summed E-state index contributed by atoms with van der Waals surface area (Å²) in [5.41, 5.74) is 3.23. The van der Waals surface area contributed by atoms with Crippen LogP contribution < -0.4 is 0 Å². The Kier molecular flexibility index (Phi) is 3.69. The molecule has 3 aromatic carbocycles. The number of hydrogen-bond acceptors (Lipinski definition) is 3. The van der Waals surface area contributed by atoms with Crippen molar-refractivity contribution in [1.29, 1.82) is 0 Å². The third kappa shape index (κ3) is 2.13. The molecular weight excluding hydrogens is 310 g/mol. The summed E-state index contributed by atoms with van der Waals surface area (Å²) in [5.74, 6) is -0.0924. The van der Waals surface area contributed by atoms with Gasteiger partial charge in [-0.3, -0.25) is 4.79 Å². The molecule has 0 fully saturated rings. The lowest BCUT2D eigenvalue weighted by atomic mass is 9.69. The van der Waals surface area contributed by atoms with E-state index >= 15 is 0 Å². The highest BCUT2D eigenvalue weighted by molar-refractivity contribution is 6.53. The third-order valence-electron chi connectivity index (χ3n) is 4.74. The lowest BCUT2D eigenvalue weighted by molar-refractivity contribution is 0.105. The van der Waals surface area contributed by atoms with Gasteiger partial charge in [0.05, 0.1) is 5.41 Å². The van der Waals surface area contributed by atoms with Gasteiger partial charge in [0.2, 0.25) is 5.78 Å². The quantitative estimate of drug-likeness (QED) is 0.676. The molecule has 122 valence electrons. The monoisotopic (exact) mass is 327 g/mol. The van der Waals surface area contributed by atoms with Crippen molar-refractivity contribution in [2.75, 3.05) is 7.11 Å². The van der Waals surface area contributed by atoms with E-state index in [0.717, 1.165) is 16.7 Å². The SMILES string of the molecule is CON=C1C(=O)c2ccccc2C1(c1ccccc1)c1ccccc1. The van der Waals surface area contributed by atoms with Gasteiger partial charge in [0, 0.05) is 5.56 Å². The first-order chi connectivity index (χ1) is 12.3. The molecule has 0 amide bonds. The second kappa shape index (κ2) is 6.02. The number of carbonyl (C=O) groups is 1. The number of carbonyl (C=O) groups excluding carboxylic acids is 1. The molecule has 0 radical (unpaired) electrons. The number of ketones is 1. The van der Waals surface area contributed by atoms with Crippen LogP contribution in [0.25, 0.3) is 0 Å². The Morgan fingerprint density at radius 3 is 1.84 bits per heavy atom. The zero-order valence-corrected chi connectivity index (χ0v) is 13.8. The van der Waals surface area contributed by atoms with Crippen LogP contribution in [0, 0.1) is 0 Å². The highest BCUT2D eigenvalue weighted by atomic mass is 16.6. The second-order valence-corrected chi connectivity index (χ2v) is 5.98. The summed E-state index contributed by atoms with van der Waals surface area (Å²) < 4.78 is 0. The minimum Gasteiger partial charge on any atom is -0.399 e. The predicted octanol–water partition coefficient (Wildman–Crippen LogP) is 4.22. The van der Waals surface area contributed by atoms with E-state index in [0.29, 0.717) is 11.3 Å². The van der Waals surface area contributed by atoms with Crippen LogP contribution in [-0.2, 0) is 10.3 Å². The molecule has 0 bridgehead atoms. The largest absolute Gasteiger partial charge is 0.399 e. The Balaban J connectivity index is 2.16. The molecule has 0 atom stereocenters. The third-order valence-corrected chi connectivity index (χ3v) is 4.74. The maximum Gasteiger partial charge on any atom is 0.212 e. The summed E-state index contributed by atoms with van der Waals surface area (Å²) in [6.07, 6.45) is 0. The molecule has 1 aliphatic rings. The Morgan fingerprint density at radius 2 is 1.28 bits per heavy atom. The summed E-state index contributed by atoms with van der Waals surface area (Å²) in [7, 11) is 1.48. The van der Waals surface area contributed by atoms with Crippen molar-refractivity contribution in [1.82, 2.24) is 0 Å². The second-order valence-electron chi connectivity index (χ2n) is 5.98. The molecule has 3 heteroatoms. The fourth-order valence-electron chi connectivity index (χ4n) is 3.76. The van der Waals surface area contributed by atoms with Crippen molar-refractivity contribution >= 4 is 11.5 Å². The molecule has 0 aliphatic heterocycles. The molecule has 25 heavy (non-hydrogen) atoms. The molecule has 3 nitrogen and oxygen atoms in total. The zero-order chi connectivity index (χ0) is 17.3. The smallest absolute Gasteiger partial charge is 0.212 e. The zero-order valence-electron chi connectivity index (χ0n) is 13.8. The van der Waals surface area contributed by atoms with Gasteiger partial charge in [0.25, 0.3) is 0 Å². The first kappa shape index (κ1) is 15.3. The Morgan fingerprint density at radius 1 is 0.760 bits per heavy atom. The maximum atomic E-state index is 13.1. The molecule has 0 saturated carbocycles. The van der Waals surface area contributed by atoms with Gasteiger partial charge in [-0.1, -0.05) is 90.1 Å². The number of Topliss-reactive ketones (excluding diaryl/α,β-unsaturated/α-hetero) is 1. The van der Waals surface area contributed by atoms with Crippen molar-refractivity contribution < 1.29 is 9.63 Å². The molecule has 0 spiro atoms. The van der Waals surface area contributed by atoms with Crippen LogP contribution in [0.3, 0.4) is 0 Å². The molecule has 0 aromatic heterocycles. The standard InChI is InChI=1S/C22H17NO2/c1-25-23-21-20(24)18-14-8-9-15-19(18)22(21,16-10-4-2-5-11-16)17-12-6-3-7-13-17/h2-15H,1H3. The maximum absolute atomic E-state index is 13.1. The van der Waals surface area contributed by atoms with Gasteiger partial charge in [-0.15, -0.1) is 0 Å². The van der Waals surface area contributed by atoms with Crippen LogP contribution in [0.4, 0.5) is 0 Å². The van der Waals surface area contributed by atoms with Gasteiger partial charge >= 0.3 is 0 Å². The first-order valence-electron chi connectivity index (χ1n) is 8.17. The van der Waals surface area contributed by atoms with Crippen LogP contribution in [0.2, 0.25) is 0 Å². The van der Waals surface area contributed by atoms with Crippen LogP contribution in [0.5, 0.6) is 0 Å². The molecule has 0 heterocycles. The van der Waals surface area contributed by atoms with Crippen molar-refractivity contribution in [3.63, 3.8) is 0 Å². The normalized spacial score (nSPS) is 16.7. The highest BCUT2D eigenvalue weighted by Crippen LogP contribution is 2.47. The summed E-state index contributed by atoms with van der Waals surface area (Å²) in [6, 6.07) is 27.7. The number of oxime groups is 1. The van der Waals surface area contributed by atoms with E-state index in [2.05, 4.69) is 5.16 Å². The molecule has 1 aliphatic carbocycles. The van der Waals surface area contributed by atoms with Crippen molar-refractivity contribution in [2.45, 2.75) is 5.41 Å². The minimum atomic E-state index is -0.772. The number of nitrogens with zero attached hydrogens (tertiary/aromatic N) is 1. The molecular formula is C22H17NO2. The number of rotatable bonds is 3. The van der Waals surface area contributed by atoms with Crippen molar-refractivity contribution in [3.8, 4) is 0 Å². The fourth-order valence-corrected chi connectivity index (χ4v) is 3.76. The van der Waals surface area contributed by atoms with E-state index in [-0.39, 0.29) is 5.78 Å². The average molecular weight is 327 g/mol. The van der Waals surface area contributed by atoms with E-state index in [1.54, 1.807) is 0 Å². The van der Waals surface area contributed by atoms with Crippen LogP contribution >= 0.6 is 0 Å². The summed E-state index contributed by atoms with van der Waals surface area (Å²) in [5, 5.41) is 4.19. The van der Waals surface area contributed by atoms with E-state index in [9.17, 15) is 4.79 Å². The Labute approximate surface area is 146 Å². The van der Waals surface area contributed by atoms with Gasteiger partial charge in [-0.2, -0.15) is 0 Å². The van der Waals surface area contributed by atoms with Gasteiger partial charge in [0.1, 0.15) is 12.8 Å². The van der Waals surface area contributed by atoms with Gasteiger partial charge in [-0.05, 0) is 16.7 Å². The summed E-state index contributed by atoms with van der Waals surface area (Å²) in [4.78, 5) is 18.2. The molecule has 0 saturated heterocycles. The predicted molar refractivity (Wildman–Crippen MR) is 98.0 cm³/mol. The highest BCUT2D eigenvalue weighted by Gasteiger charge is 2.52. The van der Waals surface area contributed by atoms with Gasteiger partial charge < -0.3 is 4.84 Å². The lowest BCUT2D eigenvalue weighted by Gasteiger charge is -2.31. The summed E-state index contributed by atoms with van der Waals surface area (Å²) >= 11 is 0. The van der Waals surface area contributed by atoms with Crippen molar-refractivity contribution in [2.24, 2.45) is 5.16 Å². The average Bonchev–Trinajstić information content (AvgIpc) is 2.93. The topological polar surface area (TPSA) is 38.7 Å². The first-order valence-corrected chi connectivity index (χ1v) is 8.17. The van der Waals surface area contributed by atoms with E-state index in [1.165, 1.54) is 7.11 Å². The summed E-state index contributed by atoms with van der Waals surface area (Å²) in [6.45, 7) is 0. The Hall–Kier alpha value is -3.20. The van der Waals surface area contributed by atoms with Gasteiger partial charge in [0.15, 0.2) is 0 Å². The van der Waals surface area contributed by atoms with Crippen LogP contribution in [0.15, 0.2) is 90.1 Å². The van der Waals surface area contributed by atoms with E-state index in [4.69, 9.17) is 4.84 Å². The number of fused-ring (bicyclic) bond motifs is 1. The molecule has 3 aromatic rings. The van der Waals surface area contributed by atoms with Gasteiger partial charge in [-0.25, -0.2) is 0 Å². The fraction of sp³-hybridized carbons (Fsp3) is 0.0909. The minimum absolute atomic E-state index is 0.0924. The number of hydrogen-bond donors (Lipinski definition) is 0. The molecule has 0 unspecified atom stereocenters. The van der Waals surface area contributed by atoms with E-state index < -0.39 is 5.41 Å². The van der Waals surface area contributed by atoms with Crippen molar-refractivity contribution in [3.05, 3.63) is 107 Å². The van der Waals surface area contributed by atoms with Crippen LogP contribution in [0.1, 0.15) is 27.0 Å². The van der Waals surface area contributed by atoms with Crippen LogP contribution in [-0.4, -0.2) is 18.6 Å². The molecule has 4 rings (SSSR count). The Bertz CT molecular complexity index is 907.